The summed E-state index contributed by atoms with van der Waals surface area (Å²) in [6.45, 7) is 0.478. The molecule has 0 saturated carbocycles. The van der Waals surface area contributed by atoms with Gasteiger partial charge in [-0.25, -0.2) is 5.01 Å². The molecule has 0 fully saturated rings. The van der Waals surface area contributed by atoms with Crippen LogP contribution in [0.2, 0.25) is 0 Å². The van der Waals surface area contributed by atoms with Gasteiger partial charge in [0.25, 0.3) is 0 Å². The molecule has 0 amide bonds. The highest BCUT2D eigenvalue weighted by molar-refractivity contribution is 5.44. The van der Waals surface area contributed by atoms with Crippen molar-refractivity contribution in [3.05, 3.63) is 65.7 Å². The van der Waals surface area contributed by atoms with Gasteiger partial charge in [-0.15, -0.1) is 0 Å². The van der Waals surface area contributed by atoms with Crippen LogP contribution in [0.4, 0.5) is 5.69 Å². The molecule has 94 valence electrons. The van der Waals surface area contributed by atoms with Crippen LogP contribution in [0.5, 0.6) is 0 Å². The van der Waals surface area contributed by atoms with Crippen LogP contribution in [0.25, 0.3) is 0 Å². The summed E-state index contributed by atoms with van der Waals surface area (Å²) in [7, 11) is 1.91. The van der Waals surface area contributed by atoms with Crippen LogP contribution < -0.4 is 11.2 Å². The van der Waals surface area contributed by atoms with Gasteiger partial charge in [-0.3, -0.25) is 0 Å². The summed E-state index contributed by atoms with van der Waals surface area (Å²) >= 11 is 0. The first-order chi connectivity index (χ1) is 8.78. The van der Waals surface area contributed by atoms with Crippen LogP contribution >= 0.6 is 0 Å². The van der Waals surface area contributed by atoms with E-state index < -0.39 is 0 Å². The number of hydrazine groups is 1. The fourth-order valence-corrected chi connectivity index (χ4v) is 1.79. The predicted octanol–water partition coefficient (Wildman–Crippen LogP) is 2.45. The summed E-state index contributed by atoms with van der Waals surface area (Å²) in [6, 6.07) is 18.9. The molecule has 2 aromatic carbocycles. The van der Waals surface area contributed by atoms with E-state index in [0.717, 1.165) is 12.1 Å². The van der Waals surface area contributed by atoms with Crippen molar-refractivity contribution >= 4 is 5.69 Å². The van der Waals surface area contributed by atoms with Gasteiger partial charge in [0.2, 0.25) is 0 Å². The lowest BCUT2D eigenvalue weighted by atomic mass is 10.1. The van der Waals surface area contributed by atoms with Gasteiger partial charge < -0.3 is 11.2 Å². The second kappa shape index (κ2) is 6.19. The molecule has 0 unspecified atom stereocenters. The topological polar surface area (TPSA) is 41.3 Å². The van der Waals surface area contributed by atoms with Crippen LogP contribution in [0.1, 0.15) is 11.1 Å². The first kappa shape index (κ1) is 12.6. The zero-order valence-corrected chi connectivity index (χ0v) is 10.6. The average Bonchev–Trinajstić information content (AvgIpc) is 2.42. The van der Waals surface area contributed by atoms with E-state index in [1.165, 1.54) is 11.1 Å². The van der Waals surface area contributed by atoms with Crippen molar-refractivity contribution in [2.24, 2.45) is 5.73 Å². The SMILES string of the molecule is CN(CN)Nc1ccc(Cc2ccccc2)cc1. The third-order valence-corrected chi connectivity index (χ3v) is 2.80. The summed E-state index contributed by atoms with van der Waals surface area (Å²) in [5.74, 6) is 0. The summed E-state index contributed by atoms with van der Waals surface area (Å²) in [5.41, 5.74) is 12.4. The molecule has 0 saturated heterocycles. The van der Waals surface area contributed by atoms with Gasteiger partial charge in [-0.05, 0) is 29.7 Å². The maximum Gasteiger partial charge on any atom is 0.0641 e. The third-order valence-electron chi connectivity index (χ3n) is 2.80. The molecule has 0 aliphatic rings. The van der Waals surface area contributed by atoms with E-state index >= 15 is 0 Å². The number of benzene rings is 2. The molecule has 2 aromatic rings. The number of nitrogens with two attached hydrogens (primary N) is 1. The molecular formula is C15H19N3. The molecule has 0 atom stereocenters. The monoisotopic (exact) mass is 241 g/mol. The Kier molecular flexibility index (Phi) is 4.34. The van der Waals surface area contributed by atoms with E-state index in [-0.39, 0.29) is 0 Å². The maximum absolute atomic E-state index is 5.52. The molecule has 0 aliphatic heterocycles. The number of rotatable bonds is 5. The van der Waals surface area contributed by atoms with Crippen molar-refractivity contribution in [1.82, 2.24) is 5.01 Å². The summed E-state index contributed by atoms with van der Waals surface area (Å²) in [5, 5.41) is 1.84. The Morgan fingerprint density at radius 2 is 1.56 bits per heavy atom. The standard InChI is InChI=1S/C15H19N3/c1-18(12-16)17-15-9-7-14(8-10-15)11-13-5-3-2-4-6-13/h2-10,17H,11-12,16H2,1H3. The highest BCUT2D eigenvalue weighted by Crippen LogP contribution is 2.13. The fourth-order valence-electron chi connectivity index (χ4n) is 1.79. The number of hydrogen-bond donors (Lipinski definition) is 2. The second-order valence-corrected chi connectivity index (χ2v) is 4.35. The van der Waals surface area contributed by atoms with E-state index in [4.69, 9.17) is 5.73 Å². The largest absolute Gasteiger partial charge is 0.318 e. The Balaban J connectivity index is 2.00. The van der Waals surface area contributed by atoms with Crippen molar-refractivity contribution in [3.8, 4) is 0 Å². The molecule has 3 heteroatoms. The third kappa shape index (κ3) is 3.58. The normalized spacial score (nSPS) is 10.6. The van der Waals surface area contributed by atoms with Gasteiger partial charge in [0.15, 0.2) is 0 Å². The number of hydrogen-bond acceptors (Lipinski definition) is 3. The smallest absolute Gasteiger partial charge is 0.0641 e. The molecule has 3 nitrogen and oxygen atoms in total. The van der Waals surface area contributed by atoms with Crippen molar-refractivity contribution in [1.29, 1.82) is 0 Å². The maximum atomic E-state index is 5.52. The Labute approximate surface area is 108 Å². The second-order valence-electron chi connectivity index (χ2n) is 4.35. The Bertz CT molecular complexity index is 465. The van der Waals surface area contributed by atoms with E-state index in [0.29, 0.717) is 6.67 Å². The quantitative estimate of drug-likeness (QED) is 0.624. The van der Waals surface area contributed by atoms with Gasteiger partial charge in [0.1, 0.15) is 0 Å². The zero-order valence-electron chi connectivity index (χ0n) is 10.6. The lowest BCUT2D eigenvalue weighted by Gasteiger charge is -2.16. The van der Waals surface area contributed by atoms with Crippen LogP contribution in [0.3, 0.4) is 0 Å². The molecule has 0 aliphatic carbocycles. The summed E-state index contributed by atoms with van der Waals surface area (Å²) < 4.78 is 0. The molecule has 18 heavy (non-hydrogen) atoms. The Morgan fingerprint density at radius 1 is 0.944 bits per heavy atom. The van der Waals surface area contributed by atoms with Crippen molar-refractivity contribution in [3.63, 3.8) is 0 Å². The molecule has 0 aromatic heterocycles. The lowest BCUT2D eigenvalue weighted by Crippen LogP contribution is -2.31. The highest BCUT2D eigenvalue weighted by Gasteiger charge is 1.98. The molecule has 0 heterocycles. The predicted molar refractivity (Wildman–Crippen MR) is 76.1 cm³/mol. The summed E-state index contributed by atoms with van der Waals surface area (Å²) in [6.07, 6.45) is 0.966. The number of nitrogens with one attached hydrogen (secondary N) is 1. The van der Waals surface area contributed by atoms with Crippen molar-refractivity contribution in [2.75, 3.05) is 19.1 Å². The van der Waals surface area contributed by atoms with E-state index in [1.54, 1.807) is 0 Å². The van der Waals surface area contributed by atoms with Crippen LogP contribution in [-0.2, 0) is 6.42 Å². The van der Waals surface area contributed by atoms with Crippen LogP contribution in [0.15, 0.2) is 54.6 Å². The van der Waals surface area contributed by atoms with Crippen molar-refractivity contribution < 1.29 is 0 Å². The average molecular weight is 241 g/mol. The minimum absolute atomic E-state index is 0.478. The van der Waals surface area contributed by atoms with Crippen LogP contribution in [0, 0.1) is 0 Å². The molecule has 0 spiro atoms. The molecule has 0 bridgehead atoms. The Morgan fingerprint density at radius 3 is 2.17 bits per heavy atom. The minimum Gasteiger partial charge on any atom is -0.318 e. The first-order valence-corrected chi connectivity index (χ1v) is 6.08. The van der Waals surface area contributed by atoms with Gasteiger partial charge in [-0.1, -0.05) is 42.5 Å². The first-order valence-electron chi connectivity index (χ1n) is 6.08. The van der Waals surface area contributed by atoms with Crippen molar-refractivity contribution in [2.45, 2.75) is 6.42 Å². The fraction of sp³-hybridized carbons (Fsp3) is 0.200. The minimum atomic E-state index is 0.478. The number of anilines is 1. The van der Waals surface area contributed by atoms with Gasteiger partial charge in [-0.2, -0.15) is 0 Å². The van der Waals surface area contributed by atoms with Crippen LogP contribution in [-0.4, -0.2) is 18.7 Å². The molecular weight excluding hydrogens is 222 g/mol. The zero-order chi connectivity index (χ0) is 12.8. The molecule has 0 radical (unpaired) electrons. The van der Waals surface area contributed by atoms with Gasteiger partial charge in [0, 0.05) is 12.7 Å². The summed E-state index contributed by atoms with van der Waals surface area (Å²) in [4.78, 5) is 0. The van der Waals surface area contributed by atoms with Gasteiger partial charge in [0.05, 0.1) is 6.67 Å². The van der Waals surface area contributed by atoms with E-state index in [1.807, 2.05) is 18.1 Å². The number of nitrogens with zero attached hydrogens (tertiary/aromatic N) is 1. The lowest BCUT2D eigenvalue weighted by molar-refractivity contribution is 0.415. The highest BCUT2D eigenvalue weighted by atomic mass is 15.5. The van der Waals surface area contributed by atoms with Gasteiger partial charge >= 0.3 is 0 Å². The van der Waals surface area contributed by atoms with E-state index in [9.17, 15) is 0 Å². The van der Waals surface area contributed by atoms with E-state index in [2.05, 4.69) is 54.0 Å². The Hall–Kier alpha value is -1.84. The molecule has 3 N–H and O–H groups in total. The molecule has 2 rings (SSSR count).